The van der Waals surface area contributed by atoms with Crippen molar-refractivity contribution >= 4 is 6.08 Å². The molecule has 0 spiro atoms. The molecule has 1 heteroatoms. The van der Waals surface area contributed by atoms with Crippen LogP contribution in [0, 0.1) is 5.41 Å². The summed E-state index contributed by atoms with van der Waals surface area (Å²) in [6.07, 6.45) is 7.94. The highest BCUT2D eigenvalue weighted by Gasteiger charge is 2.02. The molecule has 0 unspecified atom stereocenters. The number of allylic oxidation sites excluding steroid dienone is 1. The predicted octanol–water partition coefficient (Wildman–Crippen LogP) is 3.14. The van der Waals surface area contributed by atoms with Crippen molar-refractivity contribution in [2.24, 2.45) is 5.41 Å². The lowest BCUT2D eigenvalue weighted by atomic mass is 9.95. The second-order valence-electron chi connectivity index (χ2n) is 3.99. The van der Waals surface area contributed by atoms with Gasteiger partial charge in [0.15, 0.2) is 0 Å². The predicted molar refractivity (Wildman–Crippen MR) is 52.7 cm³/mol. The van der Waals surface area contributed by atoms with Gasteiger partial charge in [-0.25, -0.2) is 0 Å². The van der Waals surface area contributed by atoms with E-state index in [1.54, 1.807) is 6.20 Å². The molecule has 0 fully saturated rings. The van der Waals surface area contributed by atoms with Crippen LogP contribution in [0.3, 0.4) is 0 Å². The van der Waals surface area contributed by atoms with E-state index in [1.807, 2.05) is 12.3 Å². The van der Waals surface area contributed by atoms with E-state index in [4.69, 9.17) is 0 Å². The average Bonchev–Trinajstić information content (AvgIpc) is 2.02. The number of hydrogen-bond donors (Lipinski definition) is 0. The van der Waals surface area contributed by atoms with Crippen LogP contribution in [0.5, 0.6) is 0 Å². The Hall–Kier alpha value is -1.11. The standard InChI is InChI=1S/C11H15N/c1-11(2,3)7-6-10-5-4-8-12-9-10/h4-9H,1-3H3. The van der Waals surface area contributed by atoms with Crippen LogP contribution >= 0.6 is 0 Å². The summed E-state index contributed by atoms with van der Waals surface area (Å²) in [6, 6.07) is 4.00. The smallest absolute Gasteiger partial charge is 0.0340 e. The Labute approximate surface area is 74.2 Å². The molecule has 0 N–H and O–H groups in total. The van der Waals surface area contributed by atoms with E-state index < -0.39 is 0 Å². The normalized spacial score (nSPS) is 12.2. The first kappa shape index (κ1) is 8.98. The Morgan fingerprint density at radius 2 is 2.08 bits per heavy atom. The number of rotatable bonds is 1. The molecule has 1 aromatic heterocycles. The highest BCUT2D eigenvalue weighted by atomic mass is 14.6. The lowest BCUT2D eigenvalue weighted by Gasteiger charge is -2.10. The van der Waals surface area contributed by atoms with E-state index in [9.17, 15) is 0 Å². The second-order valence-corrected chi connectivity index (χ2v) is 3.99. The minimum absolute atomic E-state index is 0.246. The van der Waals surface area contributed by atoms with Crippen LogP contribution in [-0.2, 0) is 0 Å². The van der Waals surface area contributed by atoms with Gasteiger partial charge in [-0.05, 0) is 17.0 Å². The molecular weight excluding hydrogens is 146 g/mol. The van der Waals surface area contributed by atoms with Gasteiger partial charge in [-0.3, -0.25) is 4.98 Å². The van der Waals surface area contributed by atoms with Crippen molar-refractivity contribution < 1.29 is 0 Å². The molecule has 0 saturated carbocycles. The van der Waals surface area contributed by atoms with Crippen molar-refractivity contribution in [3.63, 3.8) is 0 Å². The number of aromatic nitrogens is 1. The first-order valence-corrected chi connectivity index (χ1v) is 4.17. The van der Waals surface area contributed by atoms with E-state index in [2.05, 4.69) is 44.0 Å². The van der Waals surface area contributed by atoms with E-state index in [0.717, 1.165) is 5.56 Å². The monoisotopic (exact) mass is 161 g/mol. The van der Waals surface area contributed by atoms with E-state index in [-0.39, 0.29) is 5.41 Å². The summed E-state index contributed by atoms with van der Waals surface area (Å²) in [4.78, 5) is 4.03. The second kappa shape index (κ2) is 3.53. The minimum Gasteiger partial charge on any atom is -0.264 e. The number of pyridine rings is 1. The molecule has 0 bridgehead atoms. The highest BCUT2D eigenvalue weighted by Crippen LogP contribution is 2.16. The van der Waals surface area contributed by atoms with Crippen LogP contribution in [0.15, 0.2) is 30.6 Å². The van der Waals surface area contributed by atoms with Crippen molar-refractivity contribution in [1.29, 1.82) is 0 Å². The van der Waals surface area contributed by atoms with E-state index in [1.165, 1.54) is 0 Å². The van der Waals surface area contributed by atoms with E-state index >= 15 is 0 Å². The Morgan fingerprint density at radius 3 is 2.58 bits per heavy atom. The van der Waals surface area contributed by atoms with Gasteiger partial charge in [0.2, 0.25) is 0 Å². The zero-order valence-electron chi connectivity index (χ0n) is 7.91. The summed E-state index contributed by atoms with van der Waals surface area (Å²) in [5, 5.41) is 0. The van der Waals surface area contributed by atoms with E-state index in [0.29, 0.717) is 0 Å². The highest BCUT2D eigenvalue weighted by molar-refractivity contribution is 5.48. The lowest BCUT2D eigenvalue weighted by molar-refractivity contribution is 0.547. The summed E-state index contributed by atoms with van der Waals surface area (Å²) >= 11 is 0. The molecule has 1 rings (SSSR count). The van der Waals surface area contributed by atoms with Crippen LogP contribution in [0.25, 0.3) is 6.08 Å². The molecule has 64 valence electrons. The van der Waals surface area contributed by atoms with Gasteiger partial charge in [-0.1, -0.05) is 39.0 Å². The summed E-state index contributed by atoms with van der Waals surface area (Å²) < 4.78 is 0. The van der Waals surface area contributed by atoms with Crippen molar-refractivity contribution in [1.82, 2.24) is 4.98 Å². The maximum absolute atomic E-state index is 4.03. The third-order valence-corrected chi connectivity index (χ3v) is 1.46. The molecule has 1 nitrogen and oxygen atoms in total. The molecule has 0 aliphatic carbocycles. The fraction of sp³-hybridized carbons (Fsp3) is 0.364. The molecule has 0 radical (unpaired) electrons. The summed E-state index contributed by atoms with van der Waals surface area (Å²) in [5.74, 6) is 0. The van der Waals surface area contributed by atoms with Gasteiger partial charge in [0.25, 0.3) is 0 Å². The lowest BCUT2D eigenvalue weighted by Crippen LogP contribution is -1.97. The molecule has 0 amide bonds. The first-order valence-electron chi connectivity index (χ1n) is 4.17. The molecule has 0 atom stereocenters. The number of nitrogens with zero attached hydrogens (tertiary/aromatic N) is 1. The van der Waals surface area contributed by atoms with Crippen LogP contribution < -0.4 is 0 Å². The molecule has 0 aliphatic rings. The van der Waals surface area contributed by atoms with Crippen molar-refractivity contribution in [2.45, 2.75) is 20.8 Å². The summed E-state index contributed by atoms with van der Waals surface area (Å²) in [5.41, 5.74) is 1.41. The SMILES string of the molecule is CC(C)(C)C=Cc1cccnc1. The van der Waals surface area contributed by atoms with Crippen LogP contribution in [0.1, 0.15) is 26.3 Å². The zero-order valence-corrected chi connectivity index (χ0v) is 7.91. The largest absolute Gasteiger partial charge is 0.264 e. The van der Waals surface area contributed by atoms with Crippen molar-refractivity contribution in [2.75, 3.05) is 0 Å². The first-order chi connectivity index (χ1) is 5.58. The molecule has 1 heterocycles. The topological polar surface area (TPSA) is 12.9 Å². The van der Waals surface area contributed by atoms with Gasteiger partial charge >= 0.3 is 0 Å². The van der Waals surface area contributed by atoms with Gasteiger partial charge < -0.3 is 0 Å². The quantitative estimate of drug-likeness (QED) is 0.616. The van der Waals surface area contributed by atoms with Crippen molar-refractivity contribution in [3.05, 3.63) is 36.2 Å². The number of hydrogen-bond acceptors (Lipinski definition) is 1. The van der Waals surface area contributed by atoms with Gasteiger partial charge in [0.05, 0.1) is 0 Å². The molecule has 12 heavy (non-hydrogen) atoms. The molecule has 0 saturated heterocycles. The fourth-order valence-corrected chi connectivity index (χ4v) is 0.821. The Morgan fingerprint density at radius 1 is 1.33 bits per heavy atom. The van der Waals surface area contributed by atoms with Crippen LogP contribution in [-0.4, -0.2) is 4.98 Å². The molecule has 0 aliphatic heterocycles. The summed E-state index contributed by atoms with van der Waals surface area (Å²) in [7, 11) is 0. The van der Waals surface area contributed by atoms with Crippen LogP contribution in [0.2, 0.25) is 0 Å². The Kier molecular flexibility index (Phi) is 2.64. The van der Waals surface area contributed by atoms with Gasteiger partial charge in [0.1, 0.15) is 0 Å². The third kappa shape index (κ3) is 3.33. The maximum Gasteiger partial charge on any atom is 0.0340 e. The van der Waals surface area contributed by atoms with Gasteiger partial charge in [-0.2, -0.15) is 0 Å². The van der Waals surface area contributed by atoms with Crippen molar-refractivity contribution in [3.8, 4) is 0 Å². The van der Waals surface area contributed by atoms with Crippen LogP contribution in [0.4, 0.5) is 0 Å². The van der Waals surface area contributed by atoms with Gasteiger partial charge in [-0.15, -0.1) is 0 Å². The third-order valence-electron chi connectivity index (χ3n) is 1.46. The maximum atomic E-state index is 4.03. The molecular formula is C11H15N. The Balaban J connectivity index is 2.71. The molecule has 0 aromatic carbocycles. The Bertz CT molecular complexity index is 254. The minimum atomic E-state index is 0.246. The van der Waals surface area contributed by atoms with Gasteiger partial charge in [0, 0.05) is 12.4 Å². The summed E-state index contributed by atoms with van der Waals surface area (Å²) in [6.45, 7) is 6.54. The molecule has 1 aromatic rings. The zero-order chi connectivity index (χ0) is 9.03. The average molecular weight is 161 g/mol. The fourth-order valence-electron chi connectivity index (χ4n) is 0.821.